The van der Waals surface area contributed by atoms with E-state index in [2.05, 4.69) is 6.92 Å². The van der Waals surface area contributed by atoms with Gasteiger partial charge in [0.1, 0.15) is 61.5 Å². The number of aliphatic hydroxyl groups is 7. The molecule has 0 spiro atoms. The van der Waals surface area contributed by atoms with Gasteiger partial charge in [0.25, 0.3) is 0 Å². The second kappa shape index (κ2) is 15.9. The smallest absolute Gasteiger partial charge is 0.305 e. The summed E-state index contributed by atoms with van der Waals surface area (Å²) in [6.45, 7) is -0.0206. The molecule has 2 heterocycles. The first kappa shape index (κ1) is 32.7. The van der Waals surface area contributed by atoms with Crippen LogP contribution in [0.2, 0.25) is 0 Å². The largest absolute Gasteiger partial charge is 0.547 e. The number of carbonyl (C=O) groups is 2. The van der Waals surface area contributed by atoms with Crippen LogP contribution in [0.1, 0.15) is 45.4 Å². The highest BCUT2D eigenvalue weighted by Crippen LogP contribution is 2.26. The van der Waals surface area contributed by atoms with Gasteiger partial charge in [-0.1, -0.05) is 32.6 Å². The quantitative estimate of drug-likeness (QED) is 0.0745. The van der Waals surface area contributed by atoms with Crippen molar-refractivity contribution in [3.8, 4) is 0 Å². The SMILES string of the molecule is CCCCCCCC(=O)OC[C@H]1O[C@H](OC[C@H]2O[C@H](O[C@H](CO)C(=O)[O-])[C@H](O)[C@@H](O)[C@@H]2O)[C@H](O)[C@@H](O)[C@@H]1O. The molecule has 0 aromatic rings. The summed E-state index contributed by atoms with van der Waals surface area (Å²) in [5, 5.41) is 81.1. The second-order valence-electron chi connectivity index (χ2n) is 9.34. The first-order valence-corrected chi connectivity index (χ1v) is 12.6. The lowest BCUT2D eigenvalue weighted by Crippen LogP contribution is -2.62. The third-order valence-electron chi connectivity index (χ3n) is 6.38. The van der Waals surface area contributed by atoms with Crippen molar-refractivity contribution in [2.45, 2.75) is 113 Å². The maximum absolute atomic E-state index is 12.0. The number of unbranched alkanes of at least 4 members (excludes halogenated alkanes) is 4. The monoisotopic (exact) mass is 555 g/mol. The summed E-state index contributed by atoms with van der Waals surface area (Å²) in [4.78, 5) is 23.0. The van der Waals surface area contributed by atoms with E-state index in [1.807, 2.05) is 0 Å². The van der Waals surface area contributed by atoms with E-state index in [4.69, 9.17) is 28.8 Å². The zero-order chi connectivity index (χ0) is 28.4. The number of carboxylic acids is 1. The number of carboxylic acid groups (broad SMARTS) is 1. The Morgan fingerprint density at radius 2 is 1.34 bits per heavy atom. The number of esters is 1. The fourth-order valence-electron chi connectivity index (χ4n) is 4.00. The number of aliphatic hydroxyl groups excluding tert-OH is 7. The molecular formula is C23H39O15-. The molecule has 2 aliphatic rings. The second-order valence-corrected chi connectivity index (χ2v) is 9.34. The third-order valence-corrected chi connectivity index (χ3v) is 6.38. The van der Waals surface area contributed by atoms with E-state index < -0.39 is 99.3 Å². The first-order valence-electron chi connectivity index (χ1n) is 12.6. The van der Waals surface area contributed by atoms with Gasteiger partial charge < -0.3 is 69.3 Å². The van der Waals surface area contributed by atoms with E-state index in [-0.39, 0.29) is 6.42 Å². The number of hydrogen-bond acceptors (Lipinski definition) is 15. The predicted molar refractivity (Wildman–Crippen MR) is 121 cm³/mol. The van der Waals surface area contributed by atoms with Crippen molar-refractivity contribution in [1.82, 2.24) is 0 Å². The summed E-state index contributed by atoms with van der Waals surface area (Å²) in [7, 11) is 0. The van der Waals surface area contributed by atoms with E-state index in [1.165, 1.54) is 0 Å². The standard InChI is InChI=1S/C23H40O15/c1-2-3-4-5-6-7-14(25)34-9-12-15(26)17(28)19(30)22(37-12)35-10-13-16(27)18(29)20(31)23(38-13)36-11(8-24)21(32)33/h11-13,15-20,22-24,26-31H,2-10H2,1H3,(H,32,33)/p-1/t11-,12-,13-,15-,16-,17+,18+,19-,20-,22+,23+/m1/s1. The minimum Gasteiger partial charge on any atom is -0.547 e. The fraction of sp³-hybridized carbons (Fsp3) is 0.913. The number of rotatable bonds is 15. The summed E-state index contributed by atoms with van der Waals surface area (Å²) >= 11 is 0. The van der Waals surface area contributed by atoms with Gasteiger partial charge in [-0.3, -0.25) is 4.79 Å². The highest BCUT2D eigenvalue weighted by atomic mass is 16.7. The molecule has 0 unspecified atom stereocenters. The Hall–Kier alpha value is -1.50. The Labute approximate surface area is 219 Å². The molecule has 2 fully saturated rings. The van der Waals surface area contributed by atoms with Gasteiger partial charge in [-0.15, -0.1) is 0 Å². The highest BCUT2D eigenvalue weighted by molar-refractivity contribution is 5.70. The van der Waals surface area contributed by atoms with E-state index in [0.29, 0.717) is 6.42 Å². The Bertz CT molecular complexity index is 723. The lowest BCUT2D eigenvalue weighted by Gasteiger charge is -2.43. The molecule has 0 aromatic carbocycles. The summed E-state index contributed by atoms with van der Waals surface area (Å²) in [6.07, 6.45) is -13.9. The molecule has 15 heteroatoms. The Morgan fingerprint density at radius 1 is 0.789 bits per heavy atom. The molecular weight excluding hydrogens is 516 g/mol. The van der Waals surface area contributed by atoms with E-state index in [1.54, 1.807) is 0 Å². The topological polar surface area (TPSA) is 245 Å². The van der Waals surface area contributed by atoms with Gasteiger partial charge in [-0.2, -0.15) is 0 Å². The van der Waals surface area contributed by atoms with Crippen molar-refractivity contribution >= 4 is 11.9 Å². The number of hydrogen-bond donors (Lipinski definition) is 7. The molecule has 2 rings (SSSR count). The molecule has 0 aliphatic carbocycles. The zero-order valence-electron chi connectivity index (χ0n) is 21.1. The molecule has 38 heavy (non-hydrogen) atoms. The highest BCUT2D eigenvalue weighted by Gasteiger charge is 2.48. The van der Waals surface area contributed by atoms with E-state index >= 15 is 0 Å². The van der Waals surface area contributed by atoms with Crippen LogP contribution in [0.15, 0.2) is 0 Å². The normalized spacial score (nSPS) is 36.5. The molecule has 0 bridgehead atoms. The van der Waals surface area contributed by atoms with Gasteiger partial charge in [-0.25, -0.2) is 0 Å². The summed E-state index contributed by atoms with van der Waals surface area (Å²) in [5.74, 6) is -2.34. The van der Waals surface area contributed by atoms with Crippen LogP contribution in [-0.4, -0.2) is 135 Å². The Morgan fingerprint density at radius 3 is 1.92 bits per heavy atom. The van der Waals surface area contributed by atoms with Crippen molar-refractivity contribution in [1.29, 1.82) is 0 Å². The first-order chi connectivity index (χ1) is 18.0. The molecule has 0 aromatic heterocycles. The van der Waals surface area contributed by atoms with Gasteiger partial charge >= 0.3 is 5.97 Å². The number of ether oxygens (including phenoxy) is 5. The van der Waals surface area contributed by atoms with Gasteiger partial charge in [0, 0.05) is 6.42 Å². The predicted octanol–water partition coefficient (Wildman–Crippen LogP) is -4.35. The molecule has 2 saturated heterocycles. The summed E-state index contributed by atoms with van der Waals surface area (Å²) in [5.41, 5.74) is 0. The fourth-order valence-corrected chi connectivity index (χ4v) is 4.00. The van der Waals surface area contributed by atoms with Crippen molar-refractivity contribution in [3.63, 3.8) is 0 Å². The minimum atomic E-state index is -1.90. The van der Waals surface area contributed by atoms with Gasteiger partial charge in [0.15, 0.2) is 12.6 Å². The van der Waals surface area contributed by atoms with Gasteiger partial charge in [0.05, 0.1) is 19.2 Å². The molecule has 15 nitrogen and oxygen atoms in total. The number of carbonyl (C=O) groups excluding carboxylic acids is 2. The summed E-state index contributed by atoms with van der Waals surface area (Å²) in [6, 6.07) is 0. The van der Waals surface area contributed by atoms with Crippen LogP contribution in [0, 0.1) is 0 Å². The third kappa shape index (κ3) is 9.02. The molecule has 11 atom stereocenters. The van der Waals surface area contributed by atoms with E-state index in [0.717, 1.165) is 25.7 Å². The average Bonchev–Trinajstić information content (AvgIpc) is 2.89. The Balaban J connectivity index is 1.92. The van der Waals surface area contributed by atoms with Crippen LogP contribution in [0.4, 0.5) is 0 Å². The van der Waals surface area contributed by atoms with Crippen molar-refractivity contribution in [3.05, 3.63) is 0 Å². The van der Waals surface area contributed by atoms with Crippen LogP contribution >= 0.6 is 0 Å². The molecule has 0 radical (unpaired) electrons. The van der Waals surface area contributed by atoms with Crippen LogP contribution < -0.4 is 5.11 Å². The lowest BCUT2D eigenvalue weighted by atomic mass is 9.98. The zero-order valence-corrected chi connectivity index (χ0v) is 21.1. The van der Waals surface area contributed by atoms with E-state index in [9.17, 15) is 45.3 Å². The molecule has 2 aliphatic heterocycles. The van der Waals surface area contributed by atoms with Crippen molar-refractivity contribution in [2.75, 3.05) is 19.8 Å². The molecule has 0 saturated carbocycles. The molecule has 222 valence electrons. The molecule has 0 amide bonds. The molecule has 7 N–H and O–H groups in total. The minimum absolute atomic E-state index is 0.168. The van der Waals surface area contributed by atoms with Crippen molar-refractivity contribution in [2.24, 2.45) is 0 Å². The Kier molecular flexibility index (Phi) is 13.7. The average molecular weight is 556 g/mol. The van der Waals surface area contributed by atoms with Crippen LogP contribution in [0.5, 0.6) is 0 Å². The van der Waals surface area contributed by atoms with Crippen LogP contribution in [0.25, 0.3) is 0 Å². The maximum Gasteiger partial charge on any atom is 0.305 e. The maximum atomic E-state index is 12.0. The summed E-state index contributed by atoms with van der Waals surface area (Å²) < 4.78 is 26.1. The van der Waals surface area contributed by atoms with Gasteiger partial charge in [-0.05, 0) is 6.42 Å². The lowest BCUT2D eigenvalue weighted by molar-refractivity contribution is -0.351. The number of aliphatic carboxylic acids is 1. The van der Waals surface area contributed by atoms with Crippen molar-refractivity contribution < 1.29 is 74.1 Å². The van der Waals surface area contributed by atoms with Crippen LogP contribution in [0.3, 0.4) is 0 Å². The van der Waals surface area contributed by atoms with Crippen LogP contribution in [-0.2, 0) is 33.3 Å². The van der Waals surface area contributed by atoms with Gasteiger partial charge in [0.2, 0.25) is 0 Å².